The van der Waals surface area contributed by atoms with Crippen LogP contribution in [0, 0.1) is 25.2 Å². The quantitative estimate of drug-likeness (QED) is 0.333. The summed E-state index contributed by atoms with van der Waals surface area (Å²) in [4.78, 5) is 36.7. The van der Waals surface area contributed by atoms with E-state index in [2.05, 4.69) is 9.88 Å². The highest BCUT2D eigenvalue weighted by atomic mass is 16.5. The molecule has 1 amide bonds. The van der Waals surface area contributed by atoms with E-state index in [0.717, 1.165) is 35.4 Å². The van der Waals surface area contributed by atoms with Crippen molar-refractivity contribution in [3.05, 3.63) is 57.9 Å². The van der Waals surface area contributed by atoms with Crippen molar-refractivity contribution in [2.45, 2.75) is 45.6 Å². The molecule has 0 unspecified atom stereocenters. The van der Waals surface area contributed by atoms with Crippen LogP contribution in [0.2, 0.25) is 0 Å². The Labute approximate surface area is 180 Å². The Bertz CT molecular complexity index is 1180. The number of rotatable bonds is 6. The molecule has 0 saturated heterocycles. The number of ketones is 1. The molecule has 1 atom stereocenters. The normalized spacial score (nSPS) is 17.7. The lowest BCUT2D eigenvalue weighted by Crippen LogP contribution is -2.15. The Hall–Kier alpha value is -3.66. The highest BCUT2D eigenvalue weighted by Gasteiger charge is 2.28. The average molecular weight is 417 g/mol. The molecule has 1 saturated carbocycles. The molecule has 1 aromatic heterocycles. The predicted molar refractivity (Wildman–Crippen MR) is 115 cm³/mol. The number of nitrogens with zero attached hydrogens (tertiary/aromatic N) is 2. The fourth-order valence-corrected chi connectivity index (χ4v) is 4.02. The number of Topliss-reactive ketones (excluding diaryl/α,β-unsaturated/α-hetero) is 1. The summed E-state index contributed by atoms with van der Waals surface area (Å²) in [5.74, 6) is -1.69. The SMILES string of the molecule is Cc1cc(/C=C(\C#N)C(=O)OCC(=O)c2ccc3c(c2)[C@@H](C)C(=O)N3)c(C)n1C1CC1. The molecule has 2 aliphatic rings. The van der Waals surface area contributed by atoms with Gasteiger partial charge in [0.15, 0.2) is 12.4 Å². The van der Waals surface area contributed by atoms with Gasteiger partial charge in [0.1, 0.15) is 11.6 Å². The molecule has 7 heteroatoms. The standard InChI is InChI=1S/C24H23N3O4/c1-13-8-17(15(3)27(13)19-5-6-19)9-18(11-25)24(30)31-12-22(28)16-4-7-21-20(10-16)14(2)23(29)26-21/h4,7-10,14,19H,5-6,12H2,1-3H3,(H,26,29)/b18-9+/t14-/m1/s1. The van der Waals surface area contributed by atoms with Crippen LogP contribution in [0.5, 0.6) is 0 Å². The van der Waals surface area contributed by atoms with Crippen LogP contribution in [0.25, 0.3) is 6.08 Å². The maximum absolute atomic E-state index is 12.5. The van der Waals surface area contributed by atoms with E-state index in [0.29, 0.717) is 17.3 Å². The second kappa shape index (κ2) is 7.88. The Kier molecular flexibility index (Phi) is 5.24. The molecule has 1 N–H and O–H groups in total. The van der Waals surface area contributed by atoms with E-state index in [1.165, 1.54) is 6.08 Å². The molecule has 4 rings (SSSR count). The monoisotopic (exact) mass is 417 g/mol. The number of carbonyl (C=O) groups is 3. The smallest absolute Gasteiger partial charge is 0.349 e. The highest BCUT2D eigenvalue weighted by Crippen LogP contribution is 2.38. The number of hydrogen-bond acceptors (Lipinski definition) is 5. The lowest BCUT2D eigenvalue weighted by atomic mass is 9.99. The molecule has 1 aliphatic heterocycles. The minimum atomic E-state index is -0.835. The maximum Gasteiger partial charge on any atom is 0.349 e. The van der Waals surface area contributed by atoms with Gasteiger partial charge in [-0.15, -0.1) is 0 Å². The van der Waals surface area contributed by atoms with Gasteiger partial charge < -0.3 is 14.6 Å². The second-order valence-electron chi connectivity index (χ2n) is 8.11. The number of benzene rings is 1. The van der Waals surface area contributed by atoms with Gasteiger partial charge in [0.2, 0.25) is 5.91 Å². The van der Waals surface area contributed by atoms with Gasteiger partial charge in [0.05, 0.1) is 5.92 Å². The number of aryl methyl sites for hydroxylation is 1. The first-order valence-electron chi connectivity index (χ1n) is 10.3. The van der Waals surface area contributed by atoms with E-state index in [4.69, 9.17) is 4.74 Å². The Morgan fingerprint density at radius 3 is 2.71 bits per heavy atom. The minimum absolute atomic E-state index is 0.115. The molecule has 7 nitrogen and oxygen atoms in total. The zero-order valence-electron chi connectivity index (χ0n) is 17.7. The van der Waals surface area contributed by atoms with Crippen LogP contribution in [0.4, 0.5) is 5.69 Å². The number of fused-ring (bicyclic) bond motifs is 1. The molecule has 2 heterocycles. The number of nitriles is 1. The van der Waals surface area contributed by atoms with Gasteiger partial charge in [-0.1, -0.05) is 0 Å². The third kappa shape index (κ3) is 3.89. The van der Waals surface area contributed by atoms with Crippen LogP contribution < -0.4 is 5.32 Å². The number of aromatic nitrogens is 1. The molecule has 0 bridgehead atoms. The number of esters is 1. The van der Waals surface area contributed by atoms with E-state index in [9.17, 15) is 19.6 Å². The first kappa shape index (κ1) is 20.6. The lowest BCUT2D eigenvalue weighted by molar-refractivity contribution is -0.137. The average Bonchev–Trinajstić information content (AvgIpc) is 3.49. The van der Waals surface area contributed by atoms with E-state index in [1.54, 1.807) is 25.1 Å². The summed E-state index contributed by atoms with van der Waals surface area (Å²) in [6.45, 7) is 5.26. The van der Waals surface area contributed by atoms with Crippen LogP contribution in [0.3, 0.4) is 0 Å². The van der Waals surface area contributed by atoms with Gasteiger partial charge in [0, 0.05) is 28.7 Å². The van der Waals surface area contributed by atoms with Gasteiger partial charge in [-0.25, -0.2) is 4.79 Å². The van der Waals surface area contributed by atoms with Crippen molar-refractivity contribution in [1.82, 2.24) is 4.57 Å². The summed E-state index contributed by atoms with van der Waals surface area (Å²) in [6, 6.07) is 9.22. The molecule has 2 aromatic rings. The van der Waals surface area contributed by atoms with E-state index >= 15 is 0 Å². The highest BCUT2D eigenvalue weighted by molar-refractivity contribution is 6.05. The van der Waals surface area contributed by atoms with Crippen molar-refractivity contribution in [2.75, 3.05) is 11.9 Å². The zero-order valence-corrected chi connectivity index (χ0v) is 17.7. The molecule has 158 valence electrons. The first-order valence-corrected chi connectivity index (χ1v) is 10.3. The molecule has 0 spiro atoms. The van der Waals surface area contributed by atoms with Crippen LogP contribution in [0.15, 0.2) is 29.8 Å². The van der Waals surface area contributed by atoms with E-state index < -0.39 is 18.4 Å². The molecular formula is C24H23N3O4. The second-order valence-corrected chi connectivity index (χ2v) is 8.11. The summed E-state index contributed by atoms with van der Waals surface area (Å²) < 4.78 is 7.35. The van der Waals surface area contributed by atoms with Gasteiger partial charge in [0.25, 0.3) is 0 Å². The van der Waals surface area contributed by atoms with Gasteiger partial charge in [-0.2, -0.15) is 5.26 Å². The molecule has 31 heavy (non-hydrogen) atoms. The van der Waals surface area contributed by atoms with E-state index in [1.807, 2.05) is 26.0 Å². The molecule has 0 radical (unpaired) electrons. The summed E-state index contributed by atoms with van der Waals surface area (Å²) in [6.07, 6.45) is 3.79. The summed E-state index contributed by atoms with van der Waals surface area (Å²) in [5.41, 5.74) is 4.52. The lowest BCUT2D eigenvalue weighted by Gasteiger charge is -2.07. The fourth-order valence-electron chi connectivity index (χ4n) is 4.02. The van der Waals surface area contributed by atoms with Gasteiger partial charge in [-0.05, 0) is 75.1 Å². The third-order valence-corrected chi connectivity index (χ3v) is 5.90. The molecule has 1 aromatic carbocycles. The van der Waals surface area contributed by atoms with Crippen molar-refractivity contribution >= 4 is 29.4 Å². The van der Waals surface area contributed by atoms with Crippen LogP contribution in [0.1, 0.15) is 64.6 Å². The van der Waals surface area contributed by atoms with Crippen LogP contribution in [-0.4, -0.2) is 28.8 Å². The number of ether oxygens (including phenoxy) is 1. The predicted octanol–water partition coefficient (Wildman–Crippen LogP) is 3.83. The van der Waals surface area contributed by atoms with Crippen molar-refractivity contribution in [3.63, 3.8) is 0 Å². The number of hydrogen-bond donors (Lipinski definition) is 1. The Balaban J connectivity index is 1.45. The number of amides is 1. The van der Waals surface area contributed by atoms with Crippen LogP contribution >= 0.6 is 0 Å². The van der Waals surface area contributed by atoms with Crippen molar-refractivity contribution < 1.29 is 19.1 Å². The largest absolute Gasteiger partial charge is 0.453 e. The summed E-state index contributed by atoms with van der Waals surface area (Å²) in [5, 5.41) is 12.2. The molecule has 1 fully saturated rings. The van der Waals surface area contributed by atoms with Crippen molar-refractivity contribution in [2.24, 2.45) is 0 Å². The molecule has 1 aliphatic carbocycles. The minimum Gasteiger partial charge on any atom is -0.453 e. The third-order valence-electron chi connectivity index (χ3n) is 5.90. The number of anilines is 1. The van der Waals surface area contributed by atoms with Crippen molar-refractivity contribution in [3.8, 4) is 6.07 Å². The van der Waals surface area contributed by atoms with Crippen LogP contribution in [-0.2, 0) is 14.3 Å². The topological polar surface area (TPSA) is 101 Å². The molecular weight excluding hydrogens is 394 g/mol. The Morgan fingerprint density at radius 2 is 2.03 bits per heavy atom. The number of nitrogens with one attached hydrogen (secondary N) is 1. The summed E-state index contributed by atoms with van der Waals surface area (Å²) in [7, 11) is 0. The van der Waals surface area contributed by atoms with Crippen molar-refractivity contribution in [1.29, 1.82) is 5.26 Å². The zero-order chi connectivity index (χ0) is 22.3. The summed E-state index contributed by atoms with van der Waals surface area (Å²) >= 11 is 0. The number of carbonyl (C=O) groups excluding carboxylic acids is 3. The maximum atomic E-state index is 12.5. The fraction of sp³-hybridized carbons (Fsp3) is 0.333. The van der Waals surface area contributed by atoms with Gasteiger partial charge >= 0.3 is 5.97 Å². The van der Waals surface area contributed by atoms with Gasteiger partial charge in [-0.3, -0.25) is 9.59 Å². The van der Waals surface area contributed by atoms with E-state index in [-0.39, 0.29) is 17.4 Å². The Morgan fingerprint density at radius 1 is 1.29 bits per heavy atom. The first-order chi connectivity index (χ1) is 14.8.